The molecule has 1 saturated heterocycles. The first kappa shape index (κ1) is 23.8. The lowest BCUT2D eigenvalue weighted by Crippen LogP contribution is -2.29. The highest BCUT2D eigenvalue weighted by Gasteiger charge is 2.46. The highest BCUT2D eigenvalue weighted by Crippen LogP contribution is 2.42. The van der Waals surface area contributed by atoms with Crippen molar-refractivity contribution in [2.75, 3.05) is 11.5 Å². The third-order valence-electron chi connectivity index (χ3n) is 5.79. The molecule has 1 aliphatic rings. The molecule has 0 spiro atoms. The fourth-order valence-electron chi connectivity index (χ4n) is 4.08. The number of unbranched alkanes of at least 4 members (excludes halogenated alkanes) is 2. The number of hydrogen-bond acceptors (Lipinski definition) is 4. The Bertz CT molecular complexity index is 1200. The van der Waals surface area contributed by atoms with Crippen molar-refractivity contribution in [3.63, 3.8) is 0 Å². The maximum absolute atomic E-state index is 13.2. The summed E-state index contributed by atoms with van der Waals surface area (Å²) in [4.78, 5) is 27.8. The lowest BCUT2D eigenvalue weighted by atomic mass is 9.95. The molecule has 0 bridgehead atoms. The molecule has 6 heteroatoms. The summed E-state index contributed by atoms with van der Waals surface area (Å²) in [5, 5.41) is 11.2. The summed E-state index contributed by atoms with van der Waals surface area (Å²) >= 11 is 3.44. The van der Waals surface area contributed by atoms with Gasteiger partial charge in [0.25, 0.3) is 11.7 Å². The molecule has 1 aliphatic heterocycles. The summed E-state index contributed by atoms with van der Waals surface area (Å²) in [6.07, 6.45) is 3.21. The molecule has 1 atom stereocenters. The van der Waals surface area contributed by atoms with E-state index in [-0.39, 0.29) is 11.3 Å². The molecular formula is C28H26BrNO4. The summed E-state index contributed by atoms with van der Waals surface area (Å²) in [5.74, 6) is -0.903. The molecule has 5 nitrogen and oxygen atoms in total. The van der Waals surface area contributed by atoms with Gasteiger partial charge >= 0.3 is 0 Å². The number of nitrogens with zero attached hydrogens (tertiary/aromatic N) is 1. The van der Waals surface area contributed by atoms with Gasteiger partial charge in [0.2, 0.25) is 0 Å². The predicted octanol–water partition coefficient (Wildman–Crippen LogP) is 6.64. The molecule has 3 aromatic rings. The minimum Gasteiger partial charge on any atom is -0.507 e. The Morgan fingerprint density at radius 3 is 2.38 bits per heavy atom. The van der Waals surface area contributed by atoms with Gasteiger partial charge in [-0.3, -0.25) is 14.5 Å². The van der Waals surface area contributed by atoms with Crippen molar-refractivity contribution in [3.05, 3.63) is 100 Å². The smallest absolute Gasteiger partial charge is 0.300 e. The van der Waals surface area contributed by atoms with Crippen LogP contribution in [0.15, 0.2) is 88.9 Å². The van der Waals surface area contributed by atoms with Crippen LogP contribution in [0.2, 0.25) is 0 Å². The third-order valence-corrected chi connectivity index (χ3v) is 6.28. The summed E-state index contributed by atoms with van der Waals surface area (Å²) in [5.41, 5.74) is 1.82. The zero-order valence-electron chi connectivity index (χ0n) is 18.9. The predicted molar refractivity (Wildman–Crippen MR) is 137 cm³/mol. The molecule has 1 heterocycles. The van der Waals surface area contributed by atoms with Gasteiger partial charge in [-0.05, 0) is 54.4 Å². The minimum atomic E-state index is -0.750. The van der Waals surface area contributed by atoms with E-state index in [1.165, 1.54) is 4.90 Å². The number of ether oxygens (including phenoxy) is 1. The quantitative estimate of drug-likeness (QED) is 0.156. The van der Waals surface area contributed by atoms with Gasteiger partial charge in [0.1, 0.15) is 11.5 Å². The van der Waals surface area contributed by atoms with Gasteiger partial charge in [0.05, 0.1) is 18.2 Å². The van der Waals surface area contributed by atoms with Gasteiger partial charge in [0, 0.05) is 15.7 Å². The van der Waals surface area contributed by atoms with Gasteiger partial charge in [-0.2, -0.15) is 0 Å². The maximum Gasteiger partial charge on any atom is 0.300 e. The molecule has 34 heavy (non-hydrogen) atoms. The van der Waals surface area contributed by atoms with E-state index < -0.39 is 17.7 Å². The number of benzene rings is 3. The van der Waals surface area contributed by atoms with Crippen molar-refractivity contribution >= 4 is 39.1 Å². The number of ketones is 1. The van der Waals surface area contributed by atoms with Crippen LogP contribution in [0, 0.1) is 0 Å². The SMILES string of the molecule is CCCCCOc1ccc(/C(O)=C2\C(=O)C(=O)N(c3cccc(Br)c3)C2c2ccccc2)cc1. The molecule has 4 rings (SSSR count). The van der Waals surface area contributed by atoms with Crippen molar-refractivity contribution in [2.24, 2.45) is 0 Å². The van der Waals surface area contributed by atoms with Crippen LogP contribution in [0.25, 0.3) is 5.76 Å². The number of rotatable bonds is 8. The number of hydrogen-bond donors (Lipinski definition) is 1. The number of carbonyl (C=O) groups is 2. The Balaban J connectivity index is 1.74. The van der Waals surface area contributed by atoms with E-state index in [9.17, 15) is 14.7 Å². The third kappa shape index (κ3) is 4.92. The van der Waals surface area contributed by atoms with Crippen molar-refractivity contribution in [1.82, 2.24) is 0 Å². The van der Waals surface area contributed by atoms with E-state index in [2.05, 4.69) is 22.9 Å². The highest BCUT2D eigenvalue weighted by molar-refractivity contribution is 9.10. The molecule has 1 amide bonds. The summed E-state index contributed by atoms with van der Waals surface area (Å²) < 4.78 is 6.54. The Hall–Kier alpha value is -3.38. The van der Waals surface area contributed by atoms with Crippen LogP contribution in [0.3, 0.4) is 0 Å². The molecule has 1 unspecified atom stereocenters. The Labute approximate surface area is 207 Å². The van der Waals surface area contributed by atoms with E-state index in [0.717, 1.165) is 29.3 Å². The van der Waals surface area contributed by atoms with Crippen molar-refractivity contribution < 1.29 is 19.4 Å². The van der Waals surface area contributed by atoms with Crippen LogP contribution in [0.4, 0.5) is 5.69 Å². The lowest BCUT2D eigenvalue weighted by molar-refractivity contribution is -0.132. The Morgan fingerprint density at radius 2 is 1.71 bits per heavy atom. The molecule has 0 radical (unpaired) electrons. The number of anilines is 1. The fourth-order valence-corrected chi connectivity index (χ4v) is 4.47. The van der Waals surface area contributed by atoms with Crippen LogP contribution >= 0.6 is 15.9 Å². The Morgan fingerprint density at radius 1 is 0.971 bits per heavy atom. The zero-order chi connectivity index (χ0) is 24.1. The molecule has 1 N–H and O–H groups in total. The van der Waals surface area contributed by atoms with Gasteiger partial charge in [-0.1, -0.05) is 72.1 Å². The van der Waals surface area contributed by atoms with Crippen molar-refractivity contribution in [3.8, 4) is 5.75 Å². The second-order valence-corrected chi connectivity index (χ2v) is 9.06. The molecule has 0 saturated carbocycles. The lowest BCUT2D eigenvalue weighted by Gasteiger charge is -2.25. The number of aliphatic hydroxyl groups excluding tert-OH is 1. The molecule has 0 aliphatic carbocycles. The first-order valence-electron chi connectivity index (χ1n) is 11.4. The van der Waals surface area contributed by atoms with E-state index in [1.807, 2.05) is 36.4 Å². The molecule has 0 aromatic heterocycles. The second kappa shape index (κ2) is 10.7. The van der Waals surface area contributed by atoms with E-state index >= 15 is 0 Å². The second-order valence-electron chi connectivity index (χ2n) is 8.14. The summed E-state index contributed by atoms with van der Waals surface area (Å²) in [6, 6.07) is 22.7. The molecular weight excluding hydrogens is 494 g/mol. The van der Waals surface area contributed by atoms with Crippen LogP contribution in [-0.2, 0) is 9.59 Å². The number of amides is 1. The van der Waals surface area contributed by atoms with Crippen LogP contribution < -0.4 is 9.64 Å². The number of Topliss-reactive ketones (excluding diaryl/α,β-unsaturated/α-hetero) is 1. The molecule has 1 fully saturated rings. The summed E-state index contributed by atoms with van der Waals surface area (Å²) in [7, 11) is 0. The standard InChI is InChI=1S/C28H26BrNO4/c1-2-3-7-17-34-23-15-13-20(14-16-23)26(31)24-25(19-9-5-4-6-10-19)30(28(33)27(24)32)22-12-8-11-21(29)18-22/h4-6,8-16,18,25,31H,2-3,7,17H2,1H3/b26-24+. The number of carbonyl (C=O) groups excluding carboxylic acids is 2. The first-order valence-corrected chi connectivity index (χ1v) is 12.1. The summed E-state index contributed by atoms with van der Waals surface area (Å²) in [6.45, 7) is 2.77. The average Bonchev–Trinajstić information content (AvgIpc) is 3.13. The fraction of sp³-hybridized carbons (Fsp3) is 0.214. The minimum absolute atomic E-state index is 0.0628. The topological polar surface area (TPSA) is 66.8 Å². The maximum atomic E-state index is 13.2. The van der Waals surface area contributed by atoms with E-state index in [4.69, 9.17) is 4.74 Å². The average molecular weight is 520 g/mol. The van der Waals surface area contributed by atoms with Gasteiger partial charge in [0.15, 0.2) is 0 Å². The monoisotopic (exact) mass is 519 g/mol. The largest absolute Gasteiger partial charge is 0.507 e. The van der Waals surface area contributed by atoms with Crippen molar-refractivity contribution in [2.45, 2.75) is 32.2 Å². The molecule has 174 valence electrons. The number of halogens is 1. The Kier molecular flexibility index (Phi) is 7.48. The van der Waals surface area contributed by atoms with Crippen molar-refractivity contribution in [1.29, 1.82) is 0 Å². The first-order chi connectivity index (χ1) is 16.5. The van der Waals surface area contributed by atoms with E-state index in [1.54, 1.807) is 42.5 Å². The zero-order valence-corrected chi connectivity index (χ0v) is 20.5. The normalized spacial score (nSPS) is 17.2. The van der Waals surface area contributed by atoms with Gasteiger partial charge < -0.3 is 9.84 Å². The van der Waals surface area contributed by atoms with E-state index in [0.29, 0.717) is 23.6 Å². The van der Waals surface area contributed by atoms with Crippen LogP contribution in [-0.4, -0.2) is 23.4 Å². The van der Waals surface area contributed by atoms with Crippen LogP contribution in [0.5, 0.6) is 5.75 Å². The van der Waals surface area contributed by atoms with Gasteiger partial charge in [-0.25, -0.2) is 0 Å². The molecule has 3 aromatic carbocycles. The highest BCUT2D eigenvalue weighted by atomic mass is 79.9. The number of aliphatic hydroxyl groups is 1. The van der Waals surface area contributed by atoms with Gasteiger partial charge in [-0.15, -0.1) is 0 Å². The van der Waals surface area contributed by atoms with Crippen LogP contribution in [0.1, 0.15) is 43.4 Å².